The number of hydrogen-bond donors (Lipinski definition) is 0. The molecule has 0 aliphatic heterocycles. The Morgan fingerprint density at radius 1 is 1.28 bits per heavy atom. The van der Waals surface area contributed by atoms with Gasteiger partial charge in [-0.05, 0) is 42.1 Å². The molecule has 0 fully saturated rings. The second-order valence-electron chi connectivity index (χ2n) is 5.49. The van der Waals surface area contributed by atoms with Crippen LogP contribution in [-0.2, 0) is 6.54 Å². The van der Waals surface area contributed by atoms with Gasteiger partial charge >= 0.3 is 0 Å². The van der Waals surface area contributed by atoms with Crippen molar-refractivity contribution < 1.29 is 9.21 Å². The molecule has 0 aliphatic carbocycles. The van der Waals surface area contributed by atoms with E-state index >= 15 is 0 Å². The molecule has 0 N–H and O–H groups in total. The lowest BCUT2D eigenvalue weighted by molar-refractivity contribution is 0.0987. The molecule has 7 heteroatoms. The van der Waals surface area contributed by atoms with Crippen molar-refractivity contribution in [1.82, 2.24) is 4.98 Å². The Bertz CT molecular complexity index is 984. The number of anilines is 1. The second-order valence-corrected chi connectivity index (χ2v) is 7.82. The van der Waals surface area contributed by atoms with Gasteiger partial charge in [-0.3, -0.25) is 9.69 Å². The molecule has 0 unspecified atom stereocenters. The number of aryl methyl sites for hydroxylation is 1. The van der Waals surface area contributed by atoms with Crippen molar-refractivity contribution in [3.8, 4) is 0 Å². The van der Waals surface area contributed by atoms with Crippen molar-refractivity contribution in [1.29, 1.82) is 0 Å². The van der Waals surface area contributed by atoms with Crippen LogP contribution >= 0.6 is 34.3 Å². The van der Waals surface area contributed by atoms with Gasteiger partial charge in [0.15, 0.2) is 5.13 Å². The summed E-state index contributed by atoms with van der Waals surface area (Å²) >= 11 is 9.15. The van der Waals surface area contributed by atoms with Crippen molar-refractivity contribution in [2.45, 2.75) is 13.5 Å². The molecule has 0 saturated heterocycles. The van der Waals surface area contributed by atoms with Gasteiger partial charge in [0, 0.05) is 0 Å². The largest absolute Gasteiger partial charge is 0.467 e. The maximum atomic E-state index is 13.0. The van der Waals surface area contributed by atoms with Gasteiger partial charge in [-0.1, -0.05) is 35.1 Å². The molecule has 0 spiro atoms. The van der Waals surface area contributed by atoms with Gasteiger partial charge in [0.05, 0.1) is 32.9 Å². The van der Waals surface area contributed by atoms with Crippen LogP contribution in [0.3, 0.4) is 0 Å². The van der Waals surface area contributed by atoms with Crippen LogP contribution in [0.25, 0.3) is 10.2 Å². The van der Waals surface area contributed by atoms with Gasteiger partial charge in [0.25, 0.3) is 5.91 Å². The third-order valence-electron chi connectivity index (χ3n) is 3.79. The van der Waals surface area contributed by atoms with Crippen LogP contribution in [0.2, 0.25) is 5.02 Å². The molecule has 4 aromatic rings. The normalized spacial score (nSPS) is 11.1. The van der Waals surface area contributed by atoms with Crippen LogP contribution in [-0.4, -0.2) is 10.9 Å². The van der Waals surface area contributed by atoms with Crippen LogP contribution in [0.1, 0.15) is 21.0 Å². The number of rotatable bonds is 4. The van der Waals surface area contributed by atoms with E-state index in [2.05, 4.69) is 4.98 Å². The van der Waals surface area contributed by atoms with E-state index in [1.54, 1.807) is 11.2 Å². The van der Waals surface area contributed by atoms with Gasteiger partial charge in [0.2, 0.25) is 0 Å². The fourth-order valence-corrected chi connectivity index (χ4v) is 4.51. The van der Waals surface area contributed by atoms with Gasteiger partial charge in [0.1, 0.15) is 5.76 Å². The molecule has 4 nitrogen and oxygen atoms in total. The summed E-state index contributed by atoms with van der Waals surface area (Å²) in [5.41, 5.74) is 1.86. The first-order chi connectivity index (χ1) is 12.1. The molecule has 0 saturated carbocycles. The van der Waals surface area contributed by atoms with Crippen molar-refractivity contribution in [3.63, 3.8) is 0 Å². The highest BCUT2D eigenvalue weighted by molar-refractivity contribution is 7.23. The Balaban J connectivity index is 1.81. The van der Waals surface area contributed by atoms with E-state index in [0.717, 1.165) is 15.8 Å². The number of nitrogens with zero attached hydrogens (tertiary/aromatic N) is 2. The number of aromatic nitrogens is 1. The van der Waals surface area contributed by atoms with Gasteiger partial charge < -0.3 is 4.42 Å². The van der Waals surface area contributed by atoms with Crippen molar-refractivity contribution in [2.75, 3.05) is 4.90 Å². The zero-order valence-corrected chi connectivity index (χ0v) is 15.6. The van der Waals surface area contributed by atoms with Crippen LogP contribution in [0.4, 0.5) is 5.13 Å². The summed E-state index contributed by atoms with van der Waals surface area (Å²) in [6, 6.07) is 11.1. The zero-order chi connectivity index (χ0) is 17.4. The van der Waals surface area contributed by atoms with Gasteiger partial charge in [-0.15, -0.1) is 11.3 Å². The first-order valence-corrected chi connectivity index (χ1v) is 9.64. The molecule has 0 atom stereocenters. The Morgan fingerprint density at radius 3 is 2.84 bits per heavy atom. The average Bonchev–Trinajstić information content (AvgIpc) is 3.36. The lowest BCUT2D eigenvalue weighted by Gasteiger charge is -2.17. The smallest absolute Gasteiger partial charge is 0.270 e. The molecule has 126 valence electrons. The number of carbonyl (C=O) groups excluding carboxylic acids is 1. The molecule has 0 aliphatic rings. The highest BCUT2D eigenvalue weighted by Gasteiger charge is 2.24. The summed E-state index contributed by atoms with van der Waals surface area (Å²) in [6.07, 6.45) is 1.60. The minimum Gasteiger partial charge on any atom is -0.467 e. The molecule has 0 radical (unpaired) electrons. The number of carbonyl (C=O) groups is 1. The Kier molecular flexibility index (Phi) is 4.33. The maximum absolute atomic E-state index is 13.0. The number of amides is 1. The number of furan rings is 1. The number of benzene rings is 1. The lowest BCUT2D eigenvalue weighted by Crippen LogP contribution is -2.29. The first kappa shape index (κ1) is 16.3. The minimum absolute atomic E-state index is 0.0979. The Hall–Kier alpha value is -2.15. The number of hydrogen-bond acceptors (Lipinski definition) is 5. The molecule has 25 heavy (non-hydrogen) atoms. The Labute approximate surface area is 157 Å². The number of fused-ring (bicyclic) bond motifs is 1. The predicted octanol–water partition coefficient (Wildman–Crippen LogP) is 5.76. The van der Waals surface area contributed by atoms with Gasteiger partial charge in [-0.25, -0.2) is 4.98 Å². The number of halogens is 1. The SMILES string of the molecule is Cc1ccc(Cl)c2sc(N(Cc3ccco3)C(=O)c3cccs3)nc12. The number of thiazole rings is 1. The highest BCUT2D eigenvalue weighted by atomic mass is 35.5. The van der Waals surface area contributed by atoms with Crippen molar-refractivity contribution in [3.05, 3.63) is 69.3 Å². The van der Waals surface area contributed by atoms with Crippen LogP contribution < -0.4 is 4.90 Å². The monoisotopic (exact) mass is 388 g/mol. The quantitative estimate of drug-likeness (QED) is 0.446. The molecule has 0 bridgehead atoms. The third-order valence-corrected chi connectivity index (χ3v) is 6.18. The molecular formula is C18H13ClN2O2S2. The van der Waals surface area contributed by atoms with E-state index in [1.165, 1.54) is 22.7 Å². The van der Waals surface area contributed by atoms with E-state index in [-0.39, 0.29) is 5.91 Å². The lowest BCUT2D eigenvalue weighted by atomic mass is 10.2. The molecular weight excluding hydrogens is 376 g/mol. The van der Waals surface area contributed by atoms with E-state index < -0.39 is 0 Å². The minimum atomic E-state index is -0.0979. The fraction of sp³-hybridized carbons (Fsp3) is 0.111. The summed E-state index contributed by atoms with van der Waals surface area (Å²) in [4.78, 5) is 20.0. The molecule has 1 amide bonds. The summed E-state index contributed by atoms with van der Waals surface area (Å²) in [7, 11) is 0. The van der Waals surface area contributed by atoms with Gasteiger partial charge in [-0.2, -0.15) is 0 Å². The second kappa shape index (κ2) is 6.63. The Morgan fingerprint density at radius 2 is 2.16 bits per heavy atom. The molecule has 3 heterocycles. The highest BCUT2D eigenvalue weighted by Crippen LogP contribution is 2.36. The van der Waals surface area contributed by atoms with Crippen LogP contribution in [0.15, 0.2) is 52.5 Å². The van der Waals surface area contributed by atoms with E-state index in [1.807, 2.05) is 48.7 Å². The van der Waals surface area contributed by atoms with Crippen LogP contribution in [0, 0.1) is 6.92 Å². The average molecular weight is 389 g/mol. The van der Waals surface area contributed by atoms with E-state index in [0.29, 0.717) is 27.3 Å². The van der Waals surface area contributed by atoms with E-state index in [9.17, 15) is 4.79 Å². The first-order valence-electron chi connectivity index (χ1n) is 7.57. The third kappa shape index (κ3) is 3.08. The maximum Gasteiger partial charge on any atom is 0.270 e. The molecule has 1 aromatic carbocycles. The summed E-state index contributed by atoms with van der Waals surface area (Å²) in [6.45, 7) is 2.31. The summed E-state index contributed by atoms with van der Waals surface area (Å²) < 4.78 is 6.32. The van der Waals surface area contributed by atoms with E-state index in [4.69, 9.17) is 16.0 Å². The zero-order valence-electron chi connectivity index (χ0n) is 13.2. The standard InChI is InChI=1S/C18H13ClN2O2S2/c1-11-6-7-13(19)16-15(11)20-18(25-16)21(10-12-4-2-8-23-12)17(22)14-5-3-9-24-14/h2-9H,10H2,1H3. The summed E-state index contributed by atoms with van der Waals surface area (Å²) in [5, 5.41) is 3.14. The molecule has 4 rings (SSSR count). The van der Waals surface area contributed by atoms with Crippen molar-refractivity contribution >= 4 is 55.5 Å². The summed E-state index contributed by atoms with van der Waals surface area (Å²) in [5.74, 6) is 0.603. The fourth-order valence-electron chi connectivity index (χ4n) is 2.52. The topological polar surface area (TPSA) is 46.3 Å². The molecule has 3 aromatic heterocycles. The van der Waals surface area contributed by atoms with Crippen LogP contribution in [0.5, 0.6) is 0 Å². The number of thiophene rings is 1. The predicted molar refractivity (Wildman–Crippen MR) is 103 cm³/mol. The van der Waals surface area contributed by atoms with Crippen molar-refractivity contribution in [2.24, 2.45) is 0 Å².